The van der Waals surface area contributed by atoms with E-state index in [-0.39, 0.29) is 5.92 Å². The maximum Gasteiger partial charge on any atom is 0.137 e. The molecule has 0 spiro atoms. The van der Waals surface area contributed by atoms with E-state index in [0.29, 0.717) is 6.42 Å². The Morgan fingerprint density at radius 2 is 2.00 bits per heavy atom. The van der Waals surface area contributed by atoms with E-state index < -0.39 is 5.60 Å². The third kappa shape index (κ3) is 3.44. The lowest BCUT2D eigenvalue weighted by Gasteiger charge is -2.29. The van der Waals surface area contributed by atoms with Crippen molar-refractivity contribution in [3.63, 3.8) is 0 Å². The van der Waals surface area contributed by atoms with Crippen LogP contribution in [0.3, 0.4) is 0 Å². The minimum absolute atomic E-state index is 0.161. The van der Waals surface area contributed by atoms with Crippen LogP contribution >= 0.6 is 0 Å². The Labute approximate surface area is 103 Å². The van der Waals surface area contributed by atoms with Crippen LogP contribution < -0.4 is 0 Å². The molecule has 0 aliphatic rings. The molecule has 2 heteroatoms. The summed E-state index contributed by atoms with van der Waals surface area (Å²) in [4.78, 5) is 10.7. The molecule has 17 heavy (non-hydrogen) atoms. The molecule has 0 fully saturated rings. The molecular formula is C15H18O2. The van der Waals surface area contributed by atoms with E-state index in [9.17, 15) is 4.79 Å². The quantitative estimate of drug-likeness (QED) is 0.587. The van der Waals surface area contributed by atoms with Crippen LogP contribution in [-0.2, 0) is 9.53 Å². The second-order valence-electron chi connectivity index (χ2n) is 4.24. The summed E-state index contributed by atoms with van der Waals surface area (Å²) in [6, 6.07) is 9.70. The maximum absolute atomic E-state index is 10.7. The molecule has 1 aromatic carbocycles. The number of aldehydes is 1. The molecule has 0 N–H and O–H groups in total. The van der Waals surface area contributed by atoms with Gasteiger partial charge in [0.25, 0.3) is 0 Å². The second kappa shape index (κ2) is 6.22. The van der Waals surface area contributed by atoms with Crippen LogP contribution in [0.5, 0.6) is 0 Å². The van der Waals surface area contributed by atoms with Gasteiger partial charge < -0.3 is 9.53 Å². The predicted octanol–water partition coefficient (Wildman–Crippen LogP) is 2.67. The molecule has 2 nitrogen and oxygen atoms in total. The lowest BCUT2D eigenvalue weighted by molar-refractivity contribution is -0.113. The first kappa shape index (κ1) is 13.5. The van der Waals surface area contributed by atoms with E-state index in [1.165, 1.54) is 0 Å². The molecule has 0 amide bonds. The summed E-state index contributed by atoms with van der Waals surface area (Å²) in [5.74, 6) is 6.33. The monoisotopic (exact) mass is 230 g/mol. The van der Waals surface area contributed by atoms with Crippen molar-refractivity contribution in [2.75, 3.05) is 7.11 Å². The summed E-state index contributed by atoms with van der Waals surface area (Å²) in [6.45, 7) is 4.01. The van der Waals surface area contributed by atoms with Gasteiger partial charge in [0.2, 0.25) is 0 Å². The van der Waals surface area contributed by atoms with E-state index in [0.717, 1.165) is 11.8 Å². The van der Waals surface area contributed by atoms with Gasteiger partial charge in [-0.25, -0.2) is 0 Å². The number of ether oxygens (including phenoxy) is 1. The van der Waals surface area contributed by atoms with Crippen LogP contribution in [0.2, 0.25) is 0 Å². The molecule has 1 atom stereocenters. The first-order valence-corrected chi connectivity index (χ1v) is 5.71. The third-order valence-electron chi connectivity index (χ3n) is 2.88. The van der Waals surface area contributed by atoms with Crippen molar-refractivity contribution in [3.05, 3.63) is 35.9 Å². The summed E-state index contributed by atoms with van der Waals surface area (Å²) in [5, 5.41) is 0. The zero-order chi connectivity index (χ0) is 12.7. The van der Waals surface area contributed by atoms with Crippen LogP contribution in [0.15, 0.2) is 30.3 Å². The largest absolute Gasteiger partial charge is 0.365 e. The Morgan fingerprint density at radius 1 is 1.35 bits per heavy atom. The number of carbonyl (C=O) groups excluding carboxylic acids is 1. The van der Waals surface area contributed by atoms with Gasteiger partial charge in [-0.2, -0.15) is 0 Å². The first-order valence-electron chi connectivity index (χ1n) is 5.71. The Morgan fingerprint density at radius 3 is 2.47 bits per heavy atom. The Kier molecular flexibility index (Phi) is 4.93. The van der Waals surface area contributed by atoms with E-state index in [2.05, 4.69) is 11.8 Å². The molecule has 0 radical (unpaired) electrons. The maximum atomic E-state index is 10.7. The van der Waals surface area contributed by atoms with Crippen LogP contribution in [0, 0.1) is 17.8 Å². The zero-order valence-electron chi connectivity index (χ0n) is 10.6. The standard InChI is InChI=1S/C15H18O2/c1-13(2)15(17-3,11-12-16)10-9-14-7-5-4-6-8-14/h4-8,12-13H,11H2,1-3H3/t15-/m0/s1. The highest BCUT2D eigenvalue weighted by Gasteiger charge is 2.31. The number of carbonyl (C=O) groups is 1. The predicted molar refractivity (Wildman–Crippen MR) is 68.6 cm³/mol. The van der Waals surface area contributed by atoms with Gasteiger partial charge in [-0.1, -0.05) is 43.9 Å². The zero-order valence-corrected chi connectivity index (χ0v) is 10.6. The molecule has 1 aromatic rings. The normalized spacial score (nSPS) is 13.6. The molecule has 90 valence electrons. The average molecular weight is 230 g/mol. The molecule has 0 unspecified atom stereocenters. The van der Waals surface area contributed by atoms with Gasteiger partial charge in [0.15, 0.2) is 0 Å². The summed E-state index contributed by atoms with van der Waals surface area (Å²) in [7, 11) is 1.60. The molecule has 0 saturated carbocycles. The van der Waals surface area contributed by atoms with Gasteiger partial charge in [0, 0.05) is 19.1 Å². The lowest BCUT2D eigenvalue weighted by atomic mass is 9.87. The topological polar surface area (TPSA) is 26.3 Å². The minimum Gasteiger partial charge on any atom is -0.365 e. The van der Waals surface area contributed by atoms with E-state index in [4.69, 9.17) is 4.74 Å². The fourth-order valence-corrected chi connectivity index (χ4v) is 1.62. The Balaban J connectivity index is 3.02. The van der Waals surface area contributed by atoms with E-state index in [1.807, 2.05) is 44.2 Å². The van der Waals surface area contributed by atoms with Crippen LogP contribution in [0.1, 0.15) is 25.8 Å². The molecule has 0 heterocycles. The number of rotatable bonds is 4. The molecule has 0 aliphatic heterocycles. The summed E-state index contributed by atoms with van der Waals surface area (Å²) < 4.78 is 5.46. The van der Waals surface area contributed by atoms with Gasteiger partial charge in [0.05, 0.1) is 0 Å². The van der Waals surface area contributed by atoms with Gasteiger partial charge in [-0.3, -0.25) is 0 Å². The van der Waals surface area contributed by atoms with Crippen LogP contribution in [0.4, 0.5) is 0 Å². The van der Waals surface area contributed by atoms with Crippen molar-refractivity contribution in [1.82, 2.24) is 0 Å². The van der Waals surface area contributed by atoms with Crippen molar-refractivity contribution in [2.24, 2.45) is 5.92 Å². The highest BCUT2D eigenvalue weighted by atomic mass is 16.5. The molecule has 0 aliphatic carbocycles. The van der Waals surface area contributed by atoms with Crippen molar-refractivity contribution < 1.29 is 9.53 Å². The third-order valence-corrected chi connectivity index (χ3v) is 2.88. The summed E-state index contributed by atoms with van der Waals surface area (Å²) in [6.07, 6.45) is 1.16. The molecule has 0 bridgehead atoms. The number of hydrogen-bond acceptors (Lipinski definition) is 2. The number of hydrogen-bond donors (Lipinski definition) is 0. The average Bonchev–Trinajstić information content (AvgIpc) is 2.35. The van der Waals surface area contributed by atoms with Gasteiger partial charge in [-0.15, -0.1) is 0 Å². The summed E-state index contributed by atoms with van der Waals surface area (Å²) in [5.41, 5.74) is 0.248. The number of methoxy groups -OCH3 is 1. The van der Waals surface area contributed by atoms with Gasteiger partial charge >= 0.3 is 0 Å². The van der Waals surface area contributed by atoms with Crippen LogP contribution in [0.25, 0.3) is 0 Å². The second-order valence-corrected chi connectivity index (χ2v) is 4.24. The SMILES string of the molecule is CO[C@@](C#Cc1ccccc1)(CC=O)C(C)C. The van der Waals surface area contributed by atoms with E-state index in [1.54, 1.807) is 7.11 Å². The number of benzene rings is 1. The van der Waals surface area contributed by atoms with Crippen molar-refractivity contribution in [3.8, 4) is 11.8 Å². The Hall–Kier alpha value is -1.59. The smallest absolute Gasteiger partial charge is 0.137 e. The fraction of sp³-hybridized carbons (Fsp3) is 0.400. The Bertz CT molecular complexity index is 412. The lowest BCUT2D eigenvalue weighted by Crippen LogP contribution is -2.36. The minimum atomic E-state index is -0.683. The van der Waals surface area contributed by atoms with Crippen molar-refractivity contribution in [2.45, 2.75) is 25.9 Å². The summed E-state index contributed by atoms with van der Waals surface area (Å²) >= 11 is 0. The highest BCUT2D eigenvalue weighted by molar-refractivity contribution is 5.54. The molecular weight excluding hydrogens is 212 g/mol. The molecule has 1 rings (SSSR count). The van der Waals surface area contributed by atoms with Gasteiger partial charge in [-0.05, 0) is 18.1 Å². The van der Waals surface area contributed by atoms with E-state index >= 15 is 0 Å². The highest BCUT2D eigenvalue weighted by Crippen LogP contribution is 2.23. The van der Waals surface area contributed by atoms with Crippen molar-refractivity contribution >= 4 is 6.29 Å². The molecule has 0 saturated heterocycles. The van der Waals surface area contributed by atoms with Gasteiger partial charge in [0.1, 0.15) is 11.9 Å². The van der Waals surface area contributed by atoms with Crippen LogP contribution in [-0.4, -0.2) is 19.0 Å². The van der Waals surface area contributed by atoms with Crippen molar-refractivity contribution in [1.29, 1.82) is 0 Å². The fourth-order valence-electron chi connectivity index (χ4n) is 1.62. The molecule has 0 aromatic heterocycles. The first-order chi connectivity index (χ1) is 8.14.